The Kier molecular flexibility index (Phi) is 11.2. The maximum atomic E-state index is 12.0. The summed E-state index contributed by atoms with van der Waals surface area (Å²) < 4.78 is 11.3. The van der Waals surface area contributed by atoms with Crippen molar-refractivity contribution in [3.8, 4) is 11.1 Å². The summed E-state index contributed by atoms with van der Waals surface area (Å²) in [4.78, 5) is 17.2. The molecule has 4 atom stereocenters. The third-order valence-corrected chi connectivity index (χ3v) is 9.89. The highest BCUT2D eigenvalue weighted by atomic mass is 35.6. The summed E-state index contributed by atoms with van der Waals surface area (Å²) in [6.45, 7) is 5.87. The zero-order valence-corrected chi connectivity index (χ0v) is 28.2. The predicted molar refractivity (Wildman–Crippen MR) is 183 cm³/mol. The fourth-order valence-corrected chi connectivity index (χ4v) is 7.08. The van der Waals surface area contributed by atoms with Crippen molar-refractivity contribution in [1.82, 2.24) is 15.1 Å². The van der Waals surface area contributed by atoms with Crippen LogP contribution in [0.2, 0.25) is 0 Å². The first-order valence-corrected chi connectivity index (χ1v) is 17.4. The molecule has 3 aromatic carbocycles. The van der Waals surface area contributed by atoms with E-state index in [0.29, 0.717) is 6.04 Å². The zero-order chi connectivity index (χ0) is 32.1. The molecular weight excluding hydrogens is 645 g/mol. The maximum absolute atomic E-state index is 12.0. The number of alkyl halides is 3. The van der Waals surface area contributed by atoms with Crippen molar-refractivity contribution in [3.05, 3.63) is 95.1 Å². The van der Waals surface area contributed by atoms with Crippen LogP contribution in [0.5, 0.6) is 0 Å². The molecule has 0 spiro atoms. The van der Waals surface area contributed by atoms with Crippen molar-refractivity contribution in [2.24, 2.45) is 0 Å². The lowest BCUT2D eigenvalue weighted by Gasteiger charge is -2.39. The third-order valence-electron chi connectivity index (χ3n) is 9.37. The molecular formula is C36H42Cl3N3O4. The minimum atomic E-state index is -2.00. The van der Waals surface area contributed by atoms with Crippen LogP contribution in [-0.4, -0.2) is 69.5 Å². The number of hydrogen-bond donors (Lipinski definition) is 2. The van der Waals surface area contributed by atoms with E-state index >= 15 is 0 Å². The van der Waals surface area contributed by atoms with Gasteiger partial charge in [-0.05, 0) is 79.2 Å². The van der Waals surface area contributed by atoms with Crippen LogP contribution in [0.1, 0.15) is 66.8 Å². The average Bonchev–Trinajstić information content (AvgIpc) is 3.75. The maximum Gasteiger partial charge on any atom is 0.272 e. The molecule has 2 N–H and O–H groups in total. The van der Waals surface area contributed by atoms with Crippen molar-refractivity contribution < 1.29 is 19.4 Å². The number of carbonyl (C=O) groups excluding carboxylic acids is 1. The number of hydrogen-bond acceptors (Lipinski definition) is 6. The molecule has 3 aliphatic rings. The molecule has 0 saturated carbocycles. The summed E-state index contributed by atoms with van der Waals surface area (Å²) in [6.07, 6.45) is 5.30. The van der Waals surface area contributed by atoms with Crippen LogP contribution in [-0.2, 0) is 27.4 Å². The Morgan fingerprint density at radius 1 is 0.848 bits per heavy atom. The third kappa shape index (κ3) is 8.63. The topological polar surface area (TPSA) is 74.3 Å². The van der Waals surface area contributed by atoms with Gasteiger partial charge < -0.3 is 24.8 Å². The number of aliphatic hydroxyl groups is 1. The van der Waals surface area contributed by atoms with Crippen LogP contribution in [0.25, 0.3) is 11.1 Å². The highest BCUT2D eigenvalue weighted by molar-refractivity contribution is 6.76. The number of carbonyl (C=O) groups is 1. The van der Waals surface area contributed by atoms with E-state index in [4.69, 9.17) is 44.3 Å². The Morgan fingerprint density at radius 2 is 1.59 bits per heavy atom. The molecule has 3 aromatic rings. The largest absolute Gasteiger partial charge is 0.392 e. The first kappa shape index (κ1) is 33.7. The van der Waals surface area contributed by atoms with Crippen LogP contribution in [0.15, 0.2) is 72.8 Å². The lowest BCUT2D eigenvalue weighted by molar-refractivity contribution is -0.253. The smallest absolute Gasteiger partial charge is 0.272 e. The van der Waals surface area contributed by atoms with Gasteiger partial charge in [0.05, 0.1) is 18.8 Å². The first-order chi connectivity index (χ1) is 22.2. The van der Waals surface area contributed by atoms with Crippen LogP contribution < -0.4 is 5.32 Å². The summed E-state index contributed by atoms with van der Waals surface area (Å²) in [5, 5.41) is 12.2. The molecule has 46 heavy (non-hydrogen) atoms. The van der Waals surface area contributed by atoms with E-state index in [1.165, 1.54) is 38.8 Å². The van der Waals surface area contributed by atoms with Gasteiger partial charge in [-0.15, -0.1) is 0 Å². The molecule has 3 saturated heterocycles. The standard InChI is InChI=1S/C36H42Cl3N3O4/c37-36(38,39)35(44)40-21-26-5-3-6-30(19-26)27-12-14-29(15-13-27)34-45-32(20-33(46-34)28-10-8-25(24-43)9-11-28)23-42-18-4-7-31(42)22-41-16-1-2-17-41/h3,5-6,8-15,19,31-34,43H,1-2,4,7,16-18,20-24H2,(H,40,44)/t31-,32-,33+,34+/m0/s1. The zero-order valence-electron chi connectivity index (χ0n) is 25.9. The van der Waals surface area contributed by atoms with Gasteiger partial charge in [0, 0.05) is 37.7 Å². The van der Waals surface area contributed by atoms with Crippen molar-refractivity contribution in [2.75, 3.05) is 32.7 Å². The fourth-order valence-electron chi connectivity index (χ4n) is 6.88. The number of halogens is 3. The van der Waals surface area contributed by atoms with Gasteiger partial charge in [0.25, 0.3) is 9.70 Å². The molecule has 0 unspecified atom stereocenters. The summed E-state index contributed by atoms with van der Waals surface area (Å²) in [6, 6.07) is 24.8. The van der Waals surface area contributed by atoms with Crippen molar-refractivity contribution in [1.29, 1.82) is 0 Å². The van der Waals surface area contributed by atoms with E-state index in [2.05, 4.69) is 51.5 Å². The molecule has 1 amide bonds. The van der Waals surface area contributed by atoms with Crippen molar-refractivity contribution in [2.45, 2.75) is 73.6 Å². The summed E-state index contributed by atoms with van der Waals surface area (Å²) in [5.74, 6) is -0.660. The monoisotopic (exact) mass is 685 g/mol. The van der Waals surface area contributed by atoms with Gasteiger partial charge in [-0.1, -0.05) is 102 Å². The minimum absolute atomic E-state index is 0.0202. The number of nitrogens with one attached hydrogen (secondary N) is 1. The number of ether oxygens (including phenoxy) is 2. The van der Waals surface area contributed by atoms with Gasteiger partial charge in [0.15, 0.2) is 6.29 Å². The van der Waals surface area contributed by atoms with Crippen molar-refractivity contribution in [3.63, 3.8) is 0 Å². The Labute approximate surface area is 286 Å². The van der Waals surface area contributed by atoms with Gasteiger partial charge in [0.2, 0.25) is 0 Å². The fraction of sp³-hybridized carbons (Fsp3) is 0.472. The van der Waals surface area contributed by atoms with E-state index in [-0.39, 0.29) is 25.4 Å². The lowest BCUT2D eigenvalue weighted by atomic mass is 9.98. The van der Waals surface area contributed by atoms with Gasteiger partial charge in [0.1, 0.15) is 0 Å². The molecule has 0 aromatic heterocycles. The number of amides is 1. The van der Waals surface area contributed by atoms with Gasteiger partial charge in [-0.2, -0.15) is 0 Å². The molecule has 3 fully saturated rings. The lowest BCUT2D eigenvalue weighted by Crippen LogP contribution is -2.45. The predicted octanol–water partition coefficient (Wildman–Crippen LogP) is 6.94. The Bertz CT molecular complexity index is 1440. The van der Waals surface area contributed by atoms with Gasteiger partial charge in [-0.25, -0.2) is 0 Å². The molecule has 0 aliphatic carbocycles. The number of nitrogens with zero attached hydrogens (tertiary/aromatic N) is 2. The number of likely N-dealkylation sites (tertiary alicyclic amines) is 2. The quantitative estimate of drug-likeness (QED) is 0.225. The normalized spacial score (nSPS) is 24.3. The SMILES string of the molecule is O=C(NCc1cccc(-c2ccc([C@@H]3O[C@H](CN4CCC[C@H]4CN4CCCC4)C[C@H](c4ccc(CO)cc4)O3)cc2)c1)C(Cl)(Cl)Cl. The first-order valence-electron chi connectivity index (χ1n) is 16.3. The van der Waals surface area contributed by atoms with E-state index in [9.17, 15) is 9.90 Å². The van der Waals surface area contributed by atoms with Crippen LogP contribution >= 0.6 is 34.8 Å². The van der Waals surface area contributed by atoms with E-state index in [1.807, 2.05) is 36.4 Å². The molecule has 246 valence electrons. The van der Waals surface area contributed by atoms with Crippen LogP contribution in [0, 0.1) is 0 Å². The van der Waals surface area contributed by atoms with E-state index in [0.717, 1.165) is 59.4 Å². The number of aliphatic hydroxyl groups excluding tert-OH is 1. The second-order valence-electron chi connectivity index (χ2n) is 12.7. The highest BCUT2D eigenvalue weighted by Gasteiger charge is 2.36. The average molecular weight is 687 g/mol. The molecule has 3 aliphatic heterocycles. The van der Waals surface area contributed by atoms with Crippen LogP contribution in [0.4, 0.5) is 0 Å². The second kappa shape index (κ2) is 15.3. The molecule has 3 heterocycles. The minimum Gasteiger partial charge on any atom is -0.392 e. The van der Waals surface area contributed by atoms with Crippen LogP contribution in [0.3, 0.4) is 0 Å². The summed E-state index contributed by atoms with van der Waals surface area (Å²) >= 11 is 17.1. The van der Waals surface area contributed by atoms with Crippen molar-refractivity contribution >= 4 is 40.7 Å². The summed E-state index contributed by atoms with van der Waals surface area (Å²) in [5.41, 5.74) is 5.88. The Balaban J connectivity index is 1.16. The van der Waals surface area contributed by atoms with E-state index in [1.54, 1.807) is 0 Å². The number of benzene rings is 3. The van der Waals surface area contributed by atoms with E-state index < -0.39 is 16.0 Å². The summed E-state index contributed by atoms with van der Waals surface area (Å²) in [7, 11) is 0. The molecule has 7 nitrogen and oxygen atoms in total. The molecule has 0 radical (unpaired) electrons. The molecule has 10 heteroatoms. The van der Waals surface area contributed by atoms with Gasteiger partial charge in [-0.3, -0.25) is 9.69 Å². The Morgan fingerprint density at radius 3 is 2.30 bits per heavy atom. The molecule has 0 bridgehead atoms. The highest BCUT2D eigenvalue weighted by Crippen LogP contribution is 2.39. The number of rotatable bonds is 10. The second-order valence-corrected chi connectivity index (χ2v) is 14.9. The van der Waals surface area contributed by atoms with Gasteiger partial charge >= 0.3 is 0 Å². The Hall–Kier alpha value is -2.20. The molecule has 6 rings (SSSR count).